The molecule has 1 N–H and O–H groups in total. The average molecular weight is 482 g/mol. The molecule has 0 aromatic heterocycles. The molecule has 0 aliphatic heterocycles. The zero-order valence-electron chi connectivity index (χ0n) is 17.3. The third-order valence-electron chi connectivity index (χ3n) is 4.71. The van der Waals surface area contributed by atoms with E-state index in [1.807, 2.05) is 24.3 Å². The van der Waals surface area contributed by atoms with Crippen molar-refractivity contribution in [3.05, 3.63) is 103 Å². The van der Waals surface area contributed by atoms with Gasteiger partial charge < -0.3 is 10.1 Å². The molecular formula is C24H17Cl2N3O4. The van der Waals surface area contributed by atoms with E-state index in [4.69, 9.17) is 27.9 Å². The summed E-state index contributed by atoms with van der Waals surface area (Å²) in [5, 5.41) is 23.9. The second-order valence-electron chi connectivity index (χ2n) is 6.88. The molecule has 0 spiro atoms. The molecule has 0 saturated carbocycles. The lowest BCUT2D eigenvalue weighted by Gasteiger charge is -2.13. The number of non-ortho nitro benzene ring substituents is 1. The van der Waals surface area contributed by atoms with Crippen LogP contribution in [0.25, 0.3) is 6.08 Å². The Hall–Kier alpha value is -3.86. The fourth-order valence-electron chi connectivity index (χ4n) is 3.11. The summed E-state index contributed by atoms with van der Waals surface area (Å²) in [6.07, 6.45) is 1.80. The number of amides is 1. The van der Waals surface area contributed by atoms with Crippen molar-refractivity contribution in [3.63, 3.8) is 0 Å². The fourth-order valence-corrected chi connectivity index (χ4v) is 3.60. The van der Waals surface area contributed by atoms with Crippen molar-refractivity contribution >= 4 is 46.6 Å². The molecule has 0 unspecified atom stereocenters. The number of halogens is 2. The van der Waals surface area contributed by atoms with Gasteiger partial charge in [-0.15, -0.1) is 0 Å². The van der Waals surface area contributed by atoms with Crippen LogP contribution >= 0.6 is 23.2 Å². The molecule has 0 atom stereocenters. The van der Waals surface area contributed by atoms with E-state index in [1.165, 1.54) is 37.5 Å². The number of nitriles is 1. The number of nitro groups is 1. The Morgan fingerprint density at radius 3 is 2.58 bits per heavy atom. The van der Waals surface area contributed by atoms with Gasteiger partial charge in [0.25, 0.3) is 11.6 Å². The van der Waals surface area contributed by atoms with Gasteiger partial charge in [-0.1, -0.05) is 47.5 Å². The molecule has 33 heavy (non-hydrogen) atoms. The summed E-state index contributed by atoms with van der Waals surface area (Å²) < 4.78 is 5.48. The summed E-state index contributed by atoms with van der Waals surface area (Å²) in [5.74, 6) is -0.238. The number of hydrogen-bond acceptors (Lipinski definition) is 5. The van der Waals surface area contributed by atoms with E-state index in [0.29, 0.717) is 33.3 Å². The minimum Gasteiger partial charge on any atom is -0.496 e. The minimum atomic E-state index is -0.715. The van der Waals surface area contributed by atoms with Crippen molar-refractivity contribution in [2.45, 2.75) is 6.42 Å². The van der Waals surface area contributed by atoms with Crippen molar-refractivity contribution in [1.82, 2.24) is 0 Å². The molecule has 0 aliphatic rings. The third-order valence-corrected chi connectivity index (χ3v) is 5.42. The van der Waals surface area contributed by atoms with Crippen LogP contribution in [0.3, 0.4) is 0 Å². The van der Waals surface area contributed by atoms with Gasteiger partial charge in [0.1, 0.15) is 17.4 Å². The van der Waals surface area contributed by atoms with Gasteiger partial charge in [-0.05, 0) is 41.5 Å². The van der Waals surface area contributed by atoms with Crippen molar-refractivity contribution in [3.8, 4) is 11.8 Å². The van der Waals surface area contributed by atoms with E-state index in [2.05, 4.69) is 5.32 Å². The highest BCUT2D eigenvalue weighted by Gasteiger charge is 2.15. The molecule has 0 radical (unpaired) electrons. The molecule has 1 amide bonds. The van der Waals surface area contributed by atoms with Gasteiger partial charge >= 0.3 is 0 Å². The lowest BCUT2D eigenvalue weighted by Crippen LogP contribution is -2.13. The van der Waals surface area contributed by atoms with Crippen molar-refractivity contribution in [1.29, 1.82) is 5.26 Å². The molecule has 0 aliphatic carbocycles. The molecule has 3 aromatic carbocycles. The predicted molar refractivity (Wildman–Crippen MR) is 128 cm³/mol. The molecule has 0 heterocycles. The maximum absolute atomic E-state index is 12.6. The number of nitrogens with one attached hydrogen (secondary N) is 1. The van der Waals surface area contributed by atoms with E-state index in [1.54, 1.807) is 18.2 Å². The highest BCUT2D eigenvalue weighted by Crippen LogP contribution is 2.33. The zero-order chi connectivity index (χ0) is 24.0. The summed E-state index contributed by atoms with van der Waals surface area (Å²) in [7, 11) is 1.50. The Balaban J connectivity index is 1.89. The van der Waals surface area contributed by atoms with E-state index >= 15 is 0 Å². The summed E-state index contributed by atoms with van der Waals surface area (Å²) in [6, 6.07) is 17.9. The SMILES string of the molecule is COc1cc(/C=C(\C#N)C(=O)Nc2cccc([N+](=O)[O-])c2)cc(Cl)c1Cc1ccccc1Cl. The van der Waals surface area contributed by atoms with Gasteiger partial charge in [-0.3, -0.25) is 14.9 Å². The average Bonchev–Trinajstić information content (AvgIpc) is 2.80. The van der Waals surface area contributed by atoms with Crippen LogP contribution in [0.15, 0.2) is 66.2 Å². The number of benzene rings is 3. The number of nitrogens with zero attached hydrogens (tertiary/aromatic N) is 2. The topological polar surface area (TPSA) is 105 Å². The molecule has 7 nitrogen and oxygen atoms in total. The Morgan fingerprint density at radius 1 is 1.15 bits per heavy atom. The fraction of sp³-hybridized carbons (Fsp3) is 0.0833. The molecule has 3 aromatic rings. The van der Waals surface area contributed by atoms with Crippen LogP contribution < -0.4 is 10.1 Å². The van der Waals surface area contributed by atoms with E-state index < -0.39 is 10.8 Å². The lowest BCUT2D eigenvalue weighted by molar-refractivity contribution is -0.384. The van der Waals surface area contributed by atoms with Gasteiger partial charge in [-0.2, -0.15) is 5.26 Å². The van der Waals surface area contributed by atoms with Crippen molar-refractivity contribution in [2.24, 2.45) is 0 Å². The van der Waals surface area contributed by atoms with Crippen LogP contribution in [0.4, 0.5) is 11.4 Å². The second kappa shape index (κ2) is 10.6. The monoisotopic (exact) mass is 481 g/mol. The third kappa shape index (κ3) is 5.89. The smallest absolute Gasteiger partial charge is 0.271 e. The van der Waals surface area contributed by atoms with Crippen molar-refractivity contribution in [2.75, 3.05) is 12.4 Å². The number of hydrogen-bond donors (Lipinski definition) is 1. The molecule has 0 saturated heterocycles. The first kappa shape index (κ1) is 23.8. The van der Waals surface area contributed by atoms with Crippen LogP contribution in [0, 0.1) is 21.4 Å². The van der Waals surface area contributed by atoms with Crippen LogP contribution in [0.1, 0.15) is 16.7 Å². The Morgan fingerprint density at radius 2 is 1.91 bits per heavy atom. The number of carbonyl (C=O) groups is 1. The Kier molecular flexibility index (Phi) is 7.67. The molecule has 9 heteroatoms. The highest BCUT2D eigenvalue weighted by molar-refractivity contribution is 6.32. The van der Waals surface area contributed by atoms with E-state index in [9.17, 15) is 20.2 Å². The standard InChI is InChI=1S/C24H17Cl2N3O4/c1-33-23-11-15(10-22(26)20(23)12-16-5-2-3-8-21(16)25)9-17(14-27)24(30)28-18-6-4-7-19(13-18)29(31)32/h2-11,13H,12H2,1H3,(H,28,30)/b17-9+. The minimum absolute atomic E-state index is 0.180. The number of nitro benzene ring substituents is 1. The number of ether oxygens (including phenoxy) is 1. The Bertz CT molecular complexity index is 1300. The number of rotatable bonds is 7. The van der Waals surface area contributed by atoms with Crippen LogP contribution in [0.5, 0.6) is 5.75 Å². The second-order valence-corrected chi connectivity index (χ2v) is 7.70. The molecule has 0 fully saturated rings. The quantitative estimate of drug-likeness (QED) is 0.191. The summed E-state index contributed by atoms with van der Waals surface area (Å²) in [5.41, 5.74) is 1.87. The summed E-state index contributed by atoms with van der Waals surface area (Å²) in [6.45, 7) is 0. The number of anilines is 1. The molecule has 0 bridgehead atoms. The summed E-state index contributed by atoms with van der Waals surface area (Å²) in [4.78, 5) is 22.9. The van der Waals surface area contributed by atoms with Crippen LogP contribution in [-0.4, -0.2) is 17.9 Å². The normalized spacial score (nSPS) is 10.9. The van der Waals surface area contributed by atoms with E-state index in [-0.39, 0.29) is 16.9 Å². The zero-order valence-corrected chi connectivity index (χ0v) is 18.9. The maximum Gasteiger partial charge on any atom is 0.271 e. The first-order valence-corrected chi connectivity index (χ1v) is 10.4. The van der Waals surface area contributed by atoms with Crippen LogP contribution in [-0.2, 0) is 11.2 Å². The van der Waals surface area contributed by atoms with Crippen molar-refractivity contribution < 1.29 is 14.5 Å². The first-order chi connectivity index (χ1) is 15.8. The van der Waals surface area contributed by atoms with Gasteiger partial charge in [0.05, 0.1) is 12.0 Å². The number of carbonyl (C=O) groups excluding carboxylic acids is 1. The molecular weight excluding hydrogens is 465 g/mol. The van der Waals surface area contributed by atoms with Gasteiger partial charge in [0, 0.05) is 39.8 Å². The van der Waals surface area contributed by atoms with Gasteiger partial charge in [0.2, 0.25) is 0 Å². The van der Waals surface area contributed by atoms with Gasteiger partial charge in [-0.25, -0.2) is 0 Å². The molecule has 166 valence electrons. The van der Waals surface area contributed by atoms with Crippen LogP contribution in [0.2, 0.25) is 10.0 Å². The predicted octanol–water partition coefficient (Wildman–Crippen LogP) is 6.05. The van der Waals surface area contributed by atoms with Gasteiger partial charge in [0.15, 0.2) is 0 Å². The maximum atomic E-state index is 12.6. The highest BCUT2D eigenvalue weighted by atomic mass is 35.5. The summed E-state index contributed by atoms with van der Waals surface area (Å²) >= 11 is 12.8. The largest absolute Gasteiger partial charge is 0.496 e. The van der Waals surface area contributed by atoms with E-state index in [0.717, 1.165) is 5.56 Å². The first-order valence-electron chi connectivity index (χ1n) is 9.59. The Labute approximate surface area is 200 Å². The lowest BCUT2D eigenvalue weighted by atomic mass is 10.0. The molecule has 3 rings (SSSR count). The number of methoxy groups -OCH3 is 1.